The summed E-state index contributed by atoms with van der Waals surface area (Å²) in [7, 11) is 3.71. The van der Waals surface area contributed by atoms with Crippen molar-refractivity contribution in [3.05, 3.63) is 0 Å². The molecule has 7 heteroatoms. The van der Waals surface area contributed by atoms with Gasteiger partial charge in [0.25, 0.3) is 0 Å². The summed E-state index contributed by atoms with van der Waals surface area (Å²) in [6.07, 6.45) is 0.535. The highest BCUT2D eigenvalue weighted by atomic mass is 16.4. The normalized spacial score (nSPS) is 15.3. The van der Waals surface area contributed by atoms with Gasteiger partial charge in [-0.05, 0) is 34.4 Å². The van der Waals surface area contributed by atoms with Crippen molar-refractivity contribution >= 4 is 11.9 Å². The van der Waals surface area contributed by atoms with E-state index in [-0.39, 0.29) is 6.23 Å². The molecule has 0 saturated carbocycles. The Kier molecular flexibility index (Phi) is 10.4. The summed E-state index contributed by atoms with van der Waals surface area (Å²) in [5, 5.41) is 28.0. The number of carbonyl (C=O) groups is 2. The van der Waals surface area contributed by atoms with E-state index in [9.17, 15) is 9.59 Å². The molecule has 0 aromatic rings. The van der Waals surface area contributed by atoms with Gasteiger partial charge in [0, 0.05) is 0 Å². The van der Waals surface area contributed by atoms with Gasteiger partial charge in [-0.25, -0.2) is 0 Å². The zero-order valence-corrected chi connectivity index (χ0v) is 11.5. The predicted octanol–water partition coefficient (Wildman–Crippen LogP) is -0.201. The average Bonchev–Trinajstić information content (AvgIpc) is 2.28. The molecule has 0 radical (unpaired) electrons. The smallest absolute Gasteiger partial charge is 0.320 e. The van der Waals surface area contributed by atoms with Crippen LogP contribution in [-0.4, -0.2) is 64.6 Å². The molecule has 0 fully saturated rings. The van der Waals surface area contributed by atoms with Crippen LogP contribution in [-0.2, 0) is 9.59 Å². The number of aliphatic carboxylic acids is 2. The molecule has 0 aliphatic carbocycles. The van der Waals surface area contributed by atoms with Crippen molar-refractivity contribution in [1.82, 2.24) is 10.2 Å². The Balaban J connectivity index is 0. The molecule has 0 aliphatic rings. The minimum Gasteiger partial charge on any atom is -0.480 e. The second-order valence-electron chi connectivity index (χ2n) is 4.14. The van der Waals surface area contributed by atoms with Crippen LogP contribution in [0.15, 0.2) is 0 Å². The third kappa shape index (κ3) is 10.0. The van der Waals surface area contributed by atoms with Gasteiger partial charge in [-0.15, -0.1) is 0 Å². The molecule has 108 valence electrons. The third-order valence-electron chi connectivity index (χ3n) is 2.20. The molecule has 0 heterocycles. The minimum atomic E-state index is -1.06. The van der Waals surface area contributed by atoms with Crippen molar-refractivity contribution in [3.63, 3.8) is 0 Å². The van der Waals surface area contributed by atoms with E-state index in [0.717, 1.165) is 6.42 Å². The molecular weight excluding hydrogens is 240 g/mol. The first-order valence-corrected chi connectivity index (χ1v) is 5.69. The molecule has 18 heavy (non-hydrogen) atoms. The van der Waals surface area contributed by atoms with E-state index >= 15 is 0 Å². The molecule has 0 amide bonds. The Morgan fingerprint density at radius 2 is 1.44 bits per heavy atom. The summed E-state index contributed by atoms with van der Waals surface area (Å²) in [4.78, 5) is 22.2. The van der Waals surface area contributed by atoms with E-state index < -0.39 is 24.0 Å². The highest BCUT2D eigenvalue weighted by molar-refractivity contribution is 5.76. The molecule has 4 N–H and O–H groups in total. The van der Waals surface area contributed by atoms with Gasteiger partial charge in [0.1, 0.15) is 18.3 Å². The first-order chi connectivity index (χ1) is 8.13. The van der Waals surface area contributed by atoms with E-state index in [2.05, 4.69) is 5.32 Å². The van der Waals surface area contributed by atoms with Crippen LogP contribution in [0, 0.1) is 0 Å². The number of aliphatic hydroxyl groups is 1. The van der Waals surface area contributed by atoms with Crippen LogP contribution in [0.5, 0.6) is 0 Å². The van der Waals surface area contributed by atoms with Crippen molar-refractivity contribution in [2.75, 3.05) is 14.1 Å². The van der Waals surface area contributed by atoms with Gasteiger partial charge in [-0.3, -0.25) is 19.8 Å². The summed E-state index contributed by atoms with van der Waals surface area (Å²) in [6.45, 7) is 4.73. The van der Waals surface area contributed by atoms with Crippen molar-refractivity contribution in [2.45, 2.75) is 45.5 Å². The molecule has 3 atom stereocenters. The van der Waals surface area contributed by atoms with Gasteiger partial charge in [0.2, 0.25) is 0 Å². The summed E-state index contributed by atoms with van der Waals surface area (Å²) >= 11 is 0. The number of aliphatic hydroxyl groups excluding tert-OH is 1. The van der Waals surface area contributed by atoms with Crippen molar-refractivity contribution in [3.8, 4) is 0 Å². The number of carboxylic acids is 2. The molecule has 0 bridgehead atoms. The zero-order chi connectivity index (χ0) is 14.9. The fourth-order valence-electron chi connectivity index (χ4n) is 0.883. The molecule has 0 saturated heterocycles. The van der Waals surface area contributed by atoms with E-state index in [0.29, 0.717) is 0 Å². The Labute approximate surface area is 107 Å². The monoisotopic (exact) mass is 264 g/mol. The maximum absolute atomic E-state index is 10.2. The number of rotatable bonds is 6. The fraction of sp³-hybridized carbons (Fsp3) is 0.818. The molecule has 0 aromatic heterocycles. The van der Waals surface area contributed by atoms with Crippen LogP contribution < -0.4 is 5.32 Å². The number of hydrogen-bond donors (Lipinski definition) is 4. The number of hydrogen-bond acceptors (Lipinski definition) is 5. The summed E-state index contributed by atoms with van der Waals surface area (Å²) < 4.78 is 0. The summed E-state index contributed by atoms with van der Waals surface area (Å²) in [5.74, 6) is -2.11. The maximum Gasteiger partial charge on any atom is 0.320 e. The molecule has 0 spiro atoms. The second kappa shape index (κ2) is 9.81. The van der Waals surface area contributed by atoms with Gasteiger partial charge >= 0.3 is 11.9 Å². The Hall–Kier alpha value is -1.18. The lowest BCUT2D eigenvalue weighted by Gasteiger charge is -2.15. The maximum atomic E-state index is 10.2. The molecule has 7 nitrogen and oxygen atoms in total. The lowest BCUT2D eigenvalue weighted by atomic mass is 10.2. The molecule has 0 rings (SSSR count). The highest BCUT2D eigenvalue weighted by Gasteiger charge is 2.17. The first kappa shape index (κ1) is 19.2. The molecule has 3 unspecified atom stereocenters. The van der Waals surface area contributed by atoms with Gasteiger partial charge in [0.05, 0.1) is 0 Å². The first-order valence-electron chi connectivity index (χ1n) is 5.69. The number of nitrogens with one attached hydrogen (secondary N) is 1. The predicted molar refractivity (Wildman–Crippen MR) is 67.3 cm³/mol. The summed E-state index contributed by atoms with van der Waals surface area (Å²) in [5.41, 5.74) is 0. The third-order valence-corrected chi connectivity index (χ3v) is 2.20. The lowest BCUT2D eigenvalue weighted by molar-refractivity contribution is -0.141. The van der Waals surface area contributed by atoms with Gasteiger partial charge in [-0.2, -0.15) is 0 Å². The van der Waals surface area contributed by atoms with E-state index in [1.54, 1.807) is 4.90 Å². The summed E-state index contributed by atoms with van der Waals surface area (Å²) in [6, 6.07) is -1.66. The molecule has 0 aliphatic heterocycles. The standard InChI is InChI=1S/C6H11NO4.C5H13NO/c1-3(5(8)9)7-4(2)6(10)11;1-4-5(7)6(2)3/h3-4,7H,1-2H3,(H,8,9)(H,10,11);5,7H,4H2,1-3H3. The number of carboxylic acid groups (broad SMARTS) is 2. The minimum absolute atomic E-state index is 0.264. The zero-order valence-electron chi connectivity index (χ0n) is 11.5. The van der Waals surface area contributed by atoms with E-state index in [4.69, 9.17) is 15.3 Å². The van der Waals surface area contributed by atoms with Crippen LogP contribution in [0.1, 0.15) is 27.2 Å². The Bertz CT molecular complexity index is 240. The van der Waals surface area contributed by atoms with E-state index in [1.807, 2.05) is 21.0 Å². The van der Waals surface area contributed by atoms with Crippen LogP contribution in [0.25, 0.3) is 0 Å². The van der Waals surface area contributed by atoms with Crippen LogP contribution in [0.4, 0.5) is 0 Å². The largest absolute Gasteiger partial charge is 0.480 e. The molecule has 0 aromatic carbocycles. The van der Waals surface area contributed by atoms with Crippen molar-refractivity contribution in [1.29, 1.82) is 0 Å². The quantitative estimate of drug-likeness (QED) is 0.492. The van der Waals surface area contributed by atoms with Crippen molar-refractivity contribution < 1.29 is 24.9 Å². The van der Waals surface area contributed by atoms with Crippen molar-refractivity contribution in [2.24, 2.45) is 0 Å². The van der Waals surface area contributed by atoms with Gasteiger partial charge < -0.3 is 15.3 Å². The Morgan fingerprint density at radius 3 is 1.56 bits per heavy atom. The van der Waals surface area contributed by atoms with Crippen LogP contribution >= 0.6 is 0 Å². The number of nitrogens with zero attached hydrogens (tertiary/aromatic N) is 1. The Morgan fingerprint density at radius 1 is 1.11 bits per heavy atom. The van der Waals surface area contributed by atoms with Gasteiger partial charge in [-0.1, -0.05) is 6.92 Å². The van der Waals surface area contributed by atoms with Crippen LogP contribution in [0.3, 0.4) is 0 Å². The highest BCUT2D eigenvalue weighted by Crippen LogP contribution is 1.90. The van der Waals surface area contributed by atoms with Crippen LogP contribution in [0.2, 0.25) is 0 Å². The SMILES string of the molecule is CC(NC(C)C(=O)O)C(=O)O.CCC(O)N(C)C. The lowest BCUT2D eigenvalue weighted by Crippen LogP contribution is -2.43. The molecular formula is C11H24N2O5. The van der Waals surface area contributed by atoms with E-state index in [1.165, 1.54) is 13.8 Å². The fourth-order valence-corrected chi connectivity index (χ4v) is 0.883. The van der Waals surface area contributed by atoms with Gasteiger partial charge in [0.15, 0.2) is 0 Å². The second-order valence-corrected chi connectivity index (χ2v) is 4.14. The topological polar surface area (TPSA) is 110 Å². The average molecular weight is 264 g/mol.